The van der Waals surface area contributed by atoms with Gasteiger partial charge in [0.2, 0.25) is 0 Å². The molecule has 4 nitrogen and oxygen atoms in total. The standard InChI is InChI=1S/C23H19N3OS/c1-2-13-24-23-26-21(15-28-23)17-9-11-20(12-10-17)25-22(27)19-8-7-16-5-3-4-6-18(16)14-19/h2-12,14-15H,1,13H2,(H,24,26)(H,25,27). The van der Waals surface area contributed by atoms with Crippen molar-refractivity contribution >= 4 is 38.8 Å². The Morgan fingerprint density at radius 3 is 2.61 bits per heavy atom. The zero-order valence-electron chi connectivity index (χ0n) is 15.2. The summed E-state index contributed by atoms with van der Waals surface area (Å²) < 4.78 is 0. The molecule has 4 aromatic rings. The minimum atomic E-state index is -0.122. The van der Waals surface area contributed by atoms with Crippen LogP contribution in [0.2, 0.25) is 0 Å². The fourth-order valence-corrected chi connectivity index (χ4v) is 3.63. The van der Waals surface area contributed by atoms with E-state index in [9.17, 15) is 4.79 Å². The van der Waals surface area contributed by atoms with Crippen molar-refractivity contribution in [3.63, 3.8) is 0 Å². The van der Waals surface area contributed by atoms with Crippen LogP contribution in [0.4, 0.5) is 10.8 Å². The maximum Gasteiger partial charge on any atom is 0.255 e. The molecule has 0 aliphatic rings. The van der Waals surface area contributed by atoms with Crippen molar-refractivity contribution in [2.75, 3.05) is 17.2 Å². The summed E-state index contributed by atoms with van der Waals surface area (Å²) in [6.45, 7) is 4.38. The number of fused-ring (bicyclic) bond motifs is 1. The maximum atomic E-state index is 12.6. The average molecular weight is 385 g/mol. The summed E-state index contributed by atoms with van der Waals surface area (Å²) in [6.07, 6.45) is 1.80. The number of anilines is 2. The minimum absolute atomic E-state index is 0.122. The monoisotopic (exact) mass is 385 g/mol. The molecule has 3 aromatic carbocycles. The number of thiazole rings is 1. The highest BCUT2D eigenvalue weighted by atomic mass is 32.1. The van der Waals surface area contributed by atoms with E-state index in [4.69, 9.17) is 0 Å². The largest absolute Gasteiger partial charge is 0.358 e. The predicted octanol–water partition coefficient (Wildman–Crippen LogP) is 5.81. The Morgan fingerprint density at radius 1 is 1.04 bits per heavy atom. The van der Waals surface area contributed by atoms with Crippen molar-refractivity contribution in [1.29, 1.82) is 0 Å². The molecule has 0 bridgehead atoms. The van der Waals surface area contributed by atoms with E-state index in [1.807, 2.05) is 72.1 Å². The lowest BCUT2D eigenvalue weighted by Gasteiger charge is -2.07. The van der Waals surface area contributed by atoms with Crippen LogP contribution in [0.5, 0.6) is 0 Å². The van der Waals surface area contributed by atoms with Gasteiger partial charge in [0.25, 0.3) is 5.91 Å². The number of nitrogens with zero attached hydrogens (tertiary/aromatic N) is 1. The number of rotatable bonds is 6. The quantitative estimate of drug-likeness (QED) is 0.412. The molecule has 2 N–H and O–H groups in total. The third-order valence-corrected chi connectivity index (χ3v) is 5.15. The highest BCUT2D eigenvalue weighted by molar-refractivity contribution is 7.14. The molecule has 138 valence electrons. The fraction of sp³-hybridized carbons (Fsp3) is 0.0435. The SMILES string of the molecule is C=CCNc1nc(-c2ccc(NC(=O)c3ccc4ccccc4c3)cc2)cs1. The minimum Gasteiger partial charge on any atom is -0.358 e. The van der Waals surface area contributed by atoms with Crippen LogP contribution >= 0.6 is 11.3 Å². The fourth-order valence-electron chi connectivity index (χ4n) is 2.91. The van der Waals surface area contributed by atoms with E-state index in [2.05, 4.69) is 22.2 Å². The Bertz CT molecular complexity index is 1130. The second-order valence-corrected chi connectivity index (χ2v) is 7.16. The van der Waals surface area contributed by atoms with Crippen molar-refractivity contribution in [1.82, 2.24) is 4.98 Å². The molecule has 5 heteroatoms. The van der Waals surface area contributed by atoms with E-state index in [-0.39, 0.29) is 5.91 Å². The van der Waals surface area contributed by atoms with E-state index in [1.165, 1.54) is 0 Å². The van der Waals surface area contributed by atoms with Gasteiger partial charge < -0.3 is 10.6 Å². The number of hydrogen-bond acceptors (Lipinski definition) is 4. The summed E-state index contributed by atoms with van der Waals surface area (Å²) in [4.78, 5) is 17.1. The Balaban J connectivity index is 1.46. The molecule has 4 rings (SSSR count). The van der Waals surface area contributed by atoms with Crippen LogP contribution < -0.4 is 10.6 Å². The molecule has 28 heavy (non-hydrogen) atoms. The van der Waals surface area contributed by atoms with Crippen LogP contribution in [-0.2, 0) is 0 Å². The molecule has 0 radical (unpaired) electrons. The van der Waals surface area contributed by atoms with E-state index in [0.29, 0.717) is 12.1 Å². The van der Waals surface area contributed by atoms with Gasteiger partial charge in [0, 0.05) is 28.7 Å². The summed E-state index contributed by atoms with van der Waals surface area (Å²) in [5, 5.41) is 11.2. The van der Waals surface area contributed by atoms with Gasteiger partial charge in [0.1, 0.15) is 0 Å². The molecule has 0 unspecified atom stereocenters. The second-order valence-electron chi connectivity index (χ2n) is 6.30. The maximum absolute atomic E-state index is 12.6. The van der Waals surface area contributed by atoms with Crippen LogP contribution in [-0.4, -0.2) is 17.4 Å². The highest BCUT2D eigenvalue weighted by Gasteiger charge is 2.08. The number of hydrogen-bond donors (Lipinski definition) is 2. The summed E-state index contributed by atoms with van der Waals surface area (Å²) in [5.74, 6) is -0.122. The second kappa shape index (κ2) is 8.06. The van der Waals surface area contributed by atoms with Crippen LogP contribution in [0.1, 0.15) is 10.4 Å². The molecule has 1 aromatic heterocycles. The van der Waals surface area contributed by atoms with Gasteiger partial charge in [-0.2, -0.15) is 0 Å². The van der Waals surface area contributed by atoms with Gasteiger partial charge in [-0.25, -0.2) is 4.98 Å². The number of aromatic nitrogens is 1. The Kier molecular flexibility index (Phi) is 5.17. The van der Waals surface area contributed by atoms with Crippen molar-refractivity contribution in [3.05, 3.63) is 90.3 Å². The number of benzene rings is 3. The summed E-state index contributed by atoms with van der Waals surface area (Å²) in [6, 6.07) is 21.4. The number of nitrogens with one attached hydrogen (secondary N) is 2. The highest BCUT2D eigenvalue weighted by Crippen LogP contribution is 2.26. The van der Waals surface area contributed by atoms with E-state index in [0.717, 1.165) is 32.8 Å². The lowest BCUT2D eigenvalue weighted by atomic mass is 10.1. The number of carbonyl (C=O) groups is 1. The van der Waals surface area contributed by atoms with Crippen molar-refractivity contribution in [2.45, 2.75) is 0 Å². The zero-order valence-corrected chi connectivity index (χ0v) is 16.0. The molecular weight excluding hydrogens is 366 g/mol. The third-order valence-electron chi connectivity index (χ3n) is 4.35. The third kappa shape index (κ3) is 3.94. The zero-order chi connectivity index (χ0) is 19.3. The average Bonchev–Trinajstić information content (AvgIpc) is 3.21. The molecule has 0 fully saturated rings. The van der Waals surface area contributed by atoms with Gasteiger partial charge >= 0.3 is 0 Å². The Hall–Kier alpha value is -3.44. The first-order chi connectivity index (χ1) is 13.7. The molecule has 0 saturated carbocycles. The number of amides is 1. The lowest BCUT2D eigenvalue weighted by Crippen LogP contribution is -2.11. The Labute approximate surface area is 167 Å². The van der Waals surface area contributed by atoms with Crippen LogP contribution in [0.25, 0.3) is 22.0 Å². The van der Waals surface area contributed by atoms with Crippen molar-refractivity contribution < 1.29 is 4.79 Å². The van der Waals surface area contributed by atoms with Crippen LogP contribution in [0, 0.1) is 0 Å². The van der Waals surface area contributed by atoms with Crippen molar-refractivity contribution in [3.8, 4) is 11.3 Å². The van der Waals surface area contributed by atoms with Crippen LogP contribution in [0.15, 0.2) is 84.8 Å². The Morgan fingerprint density at radius 2 is 1.82 bits per heavy atom. The topological polar surface area (TPSA) is 54.0 Å². The van der Waals surface area contributed by atoms with E-state index in [1.54, 1.807) is 17.4 Å². The van der Waals surface area contributed by atoms with E-state index < -0.39 is 0 Å². The molecular formula is C23H19N3OS. The van der Waals surface area contributed by atoms with Gasteiger partial charge in [-0.05, 0) is 35.0 Å². The van der Waals surface area contributed by atoms with Crippen LogP contribution in [0.3, 0.4) is 0 Å². The van der Waals surface area contributed by atoms with Gasteiger partial charge in [-0.3, -0.25) is 4.79 Å². The molecule has 1 heterocycles. The smallest absolute Gasteiger partial charge is 0.255 e. The van der Waals surface area contributed by atoms with Gasteiger partial charge in [-0.1, -0.05) is 48.5 Å². The van der Waals surface area contributed by atoms with Crippen molar-refractivity contribution in [2.24, 2.45) is 0 Å². The van der Waals surface area contributed by atoms with Gasteiger partial charge in [-0.15, -0.1) is 17.9 Å². The molecule has 0 atom stereocenters. The summed E-state index contributed by atoms with van der Waals surface area (Å²) in [5.41, 5.74) is 3.30. The molecule has 0 saturated heterocycles. The first-order valence-electron chi connectivity index (χ1n) is 8.94. The molecule has 0 aliphatic carbocycles. The molecule has 0 spiro atoms. The molecule has 0 aliphatic heterocycles. The first kappa shape index (κ1) is 17.9. The predicted molar refractivity (Wildman–Crippen MR) is 118 cm³/mol. The summed E-state index contributed by atoms with van der Waals surface area (Å²) >= 11 is 1.56. The number of carbonyl (C=O) groups excluding carboxylic acids is 1. The van der Waals surface area contributed by atoms with E-state index >= 15 is 0 Å². The molecule has 1 amide bonds. The van der Waals surface area contributed by atoms with Gasteiger partial charge in [0.15, 0.2) is 5.13 Å². The first-order valence-corrected chi connectivity index (χ1v) is 9.82. The summed E-state index contributed by atoms with van der Waals surface area (Å²) in [7, 11) is 0. The normalized spacial score (nSPS) is 10.6. The van der Waals surface area contributed by atoms with Gasteiger partial charge in [0.05, 0.1) is 5.69 Å². The lowest BCUT2D eigenvalue weighted by molar-refractivity contribution is 0.102.